The minimum Gasteiger partial charge on any atom is -0.465 e. The summed E-state index contributed by atoms with van der Waals surface area (Å²) in [5, 5.41) is 0. The van der Waals surface area contributed by atoms with Crippen LogP contribution in [0.15, 0.2) is 18.2 Å². The van der Waals surface area contributed by atoms with Crippen molar-refractivity contribution in [1.29, 1.82) is 0 Å². The van der Waals surface area contributed by atoms with E-state index in [-0.39, 0.29) is 28.9 Å². The smallest absolute Gasteiger partial charge is 0.306 e. The summed E-state index contributed by atoms with van der Waals surface area (Å²) in [5.41, 5.74) is 9.51. The van der Waals surface area contributed by atoms with Crippen molar-refractivity contribution in [3.63, 3.8) is 0 Å². The maximum absolute atomic E-state index is 12.4. The molecule has 0 aliphatic carbocycles. The van der Waals surface area contributed by atoms with Crippen LogP contribution in [0.1, 0.15) is 90.8 Å². The van der Waals surface area contributed by atoms with Gasteiger partial charge < -0.3 is 15.2 Å². The van der Waals surface area contributed by atoms with E-state index in [0.717, 1.165) is 19.3 Å². The van der Waals surface area contributed by atoms with E-state index in [2.05, 4.69) is 66.7 Å². The van der Waals surface area contributed by atoms with Crippen LogP contribution in [0.4, 0.5) is 0 Å². The van der Waals surface area contributed by atoms with Crippen LogP contribution < -0.4 is 5.73 Å². The summed E-state index contributed by atoms with van der Waals surface area (Å²) in [6.45, 7) is 18.2. The molecule has 30 heavy (non-hydrogen) atoms. The molecule has 0 aliphatic rings. The van der Waals surface area contributed by atoms with Gasteiger partial charge in [0, 0.05) is 24.5 Å². The second kappa shape index (κ2) is 11.9. The zero-order chi connectivity index (χ0) is 22.9. The molecule has 172 valence electrons. The average molecular weight is 420 g/mol. The van der Waals surface area contributed by atoms with Gasteiger partial charge in [-0.2, -0.15) is 0 Å². The Morgan fingerprint density at radius 1 is 1.10 bits per heavy atom. The SMILES string of the molecule is CCCOC(CCC(C)N)C(C)(C)COC(=O)CCc1cc(C)cc(C(C)(C)C)c1. The molecule has 4 nitrogen and oxygen atoms in total. The second-order valence-corrected chi connectivity index (χ2v) is 10.5. The van der Waals surface area contributed by atoms with Gasteiger partial charge >= 0.3 is 5.97 Å². The Bertz CT molecular complexity index is 659. The molecule has 0 aliphatic heterocycles. The molecular formula is C26H45NO3. The van der Waals surface area contributed by atoms with Crippen LogP contribution in [-0.2, 0) is 26.1 Å². The average Bonchev–Trinajstić information content (AvgIpc) is 2.63. The molecule has 4 heteroatoms. The summed E-state index contributed by atoms with van der Waals surface area (Å²) in [6, 6.07) is 6.74. The lowest BCUT2D eigenvalue weighted by atomic mass is 9.84. The number of hydrogen-bond donors (Lipinski definition) is 1. The van der Waals surface area contributed by atoms with Gasteiger partial charge in [0.05, 0.1) is 12.7 Å². The van der Waals surface area contributed by atoms with Crippen molar-refractivity contribution >= 4 is 5.97 Å². The lowest BCUT2D eigenvalue weighted by Gasteiger charge is -2.34. The van der Waals surface area contributed by atoms with Crippen LogP contribution >= 0.6 is 0 Å². The van der Waals surface area contributed by atoms with Gasteiger partial charge in [-0.1, -0.05) is 65.3 Å². The number of rotatable bonds is 12. The molecule has 0 spiro atoms. The van der Waals surface area contributed by atoms with Crippen molar-refractivity contribution in [1.82, 2.24) is 0 Å². The Morgan fingerprint density at radius 2 is 1.77 bits per heavy atom. The Hall–Kier alpha value is -1.39. The number of carbonyl (C=O) groups excluding carboxylic acids is 1. The fourth-order valence-electron chi connectivity index (χ4n) is 3.49. The van der Waals surface area contributed by atoms with E-state index in [1.807, 2.05) is 6.92 Å². The van der Waals surface area contributed by atoms with Crippen molar-refractivity contribution < 1.29 is 14.3 Å². The predicted molar refractivity (Wildman–Crippen MR) is 126 cm³/mol. The normalized spacial score (nSPS) is 14.4. The van der Waals surface area contributed by atoms with Gasteiger partial charge in [0.2, 0.25) is 0 Å². The van der Waals surface area contributed by atoms with E-state index < -0.39 is 0 Å². The molecule has 1 aromatic carbocycles. The number of benzene rings is 1. The number of aryl methyl sites for hydroxylation is 2. The highest BCUT2D eigenvalue weighted by Crippen LogP contribution is 2.29. The molecule has 1 rings (SSSR count). The third-order valence-electron chi connectivity index (χ3n) is 5.51. The van der Waals surface area contributed by atoms with Crippen molar-refractivity contribution in [3.8, 4) is 0 Å². The number of nitrogens with two attached hydrogens (primary N) is 1. The van der Waals surface area contributed by atoms with E-state index in [0.29, 0.717) is 26.1 Å². The molecule has 0 aromatic heterocycles. The van der Waals surface area contributed by atoms with Crippen molar-refractivity contribution in [2.75, 3.05) is 13.2 Å². The molecular weight excluding hydrogens is 374 g/mol. The number of hydrogen-bond acceptors (Lipinski definition) is 4. The van der Waals surface area contributed by atoms with Gasteiger partial charge in [0.1, 0.15) is 0 Å². The van der Waals surface area contributed by atoms with E-state index in [1.165, 1.54) is 16.7 Å². The monoisotopic (exact) mass is 419 g/mol. The maximum atomic E-state index is 12.4. The van der Waals surface area contributed by atoms with Gasteiger partial charge in [-0.15, -0.1) is 0 Å². The van der Waals surface area contributed by atoms with Crippen LogP contribution in [0.2, 0.25) is 0 Å². The van der Waals surface area contributed by atoms with Gasteiger partial charge in [-0.25, -0.2) is 0 Å². The summed E-state index contributed by atoms with van der Waals surface area (Å²) in [4.78, 5) is 12.4. The van der Waals surface area contributed by atoms with Crippen LogP contribution in [0.5, 0.6) is 0 Å². The number of ether oxygens (including phenoxy) is 2. The molecule has 0 bridgehead atoms. The fourth-order valence-corrected chi connectivity index (χ4v) is 3.49. The zero-order valence-corrected chi connectivity index (χ0v) is 20.6. The molecule has 0 heterocycles. The Balaban J connectivity index is 2.64. The van der Waals surface area contributed by atoms with Crippen LogP contribution in [0, 0.1) is 12.3 Å². The van der Waals surface area contributed by atoms with Gasteiger partial charge in [-0.05, 0) is 56.1 Å². The Kier molecular flexibility index (Phi) is 10.5. The fraction of sp³-hybridized carbons (Fsp3) is 0.731. The minimum atomic E-state index is -0.248. The zero-order valence-electron chi connectivity index (χ0n) is 20.6. The van der Waals surface area contributed by atoms with E-state index >= 15 is 0 Å². The Labute approximate surface area is 184 Å². The molecule has 1 aromatic rings. The highest BCUT2D eigenvalue weighted by molar-refractivity contribution is 5.69. The first-order valence-electron chi connectivity index (χ1n) is 11.5. The molecule has 0 saturated carbocycles. The molecule has 0 fully saturated rings. The summed E-state index contributed by atoms with van der Waals surface area (Å²) in [7, 11) is 0. The third-order valence-corrected chi connectivity index (χ3v) is 5.51. The Morgan fingerprint density at radius 3 is 2.33 bits per heavy atom. The van der Waals surface area contributed by atoms with Gasteiger partial charge in [0.25, 0.3) is 0 Å². The van der Waals surface area contributed by atoms with E-state index in [9.17, 15) is 4.79 Å². The molecule has 2 atom stereocenters. The first kappa shape index (κ1) is 26.6. The number of carbonyl (C=O) groups is 1. The standard InChI is InChI=1S/C26H45NO3/c1-9-14-29-23(12-10-20(3)27)26(7,8)18-30-24(28)13-11-21-15-19(2)16-22(17-21)25(4,5)6/h15-17,20,23H,9-14,18,27H2,1-8H3. The third kappa shape index (κ3) is 9.61. The lowest BCUT2D eigenvalue weighted by molar-refractivity contribution is -0.151. The summed E-state index contributed by atoms with van der Waals surface area (Å²) in [5.74, 6) is -0.150. The predicted octanol–water partition coefficient (Wildman–Crippen LogP) is 5.72. The highest BCUT2D eigenvalue weighted by atomic mass is 16.5. The largest absolute Gasteiger partial charge is 0.465 e. The van der Waals surface area contributed by atoms with Gasteiger partial charge in [0.15, 0.2) is 0 Å². The molecule has 0 amide bonds. The first-order chi connectivity index (χ1) is 13.8. The molecule has 2 N–H and O–H groups in total. The molecule has 2 unspecified atom stereocenters. The first-order valence-corrected chi connectivity index (χ1v) is 11.5. The van der Waals surface area contributed by atoms with E-state index in [1.54, 1.807) is 0 Å². The number of esters is 1. The van der Waals surface area contributed by atoms with Crippen LogP contribution in [0.3, 0.4) is 0 Å². The summed E-state index contributed by atoms with van der Waals surface area (Å²) in [6.07, 6.45) is 3.87. The van der Waals surface area contributed by atoms with Gasteiger partial charge in [-0.3, -0.25) is 4.79 Å². The van der Waals surface area contributed by atoms with Crippen molar-refractivity contribution in [2.45, 2.75) is 105 Å². The molecule has 0 saturated heterocycles. The second-order valence-electron chi connectivity index (χ2n) is 10.5. The van der Waals surface area contributed by atoms with Crippen LogP contribution in [0.25, 0.3) is 0 Å². The van der Waals surface area contributed by atoms with Crippen molar-refractivity contribution in [3.05, 3.63) is 34.9 Å². The lowest BCUT2D eigenvalue weighted by Crippen LogP contribution is -2.38. The minimum absolute atomic E-state index is 0.0300. The van der Waals surface area contributed by atoms with Crippen molar-refractivity contribution in [2.24, 2.45) is 11.1 Å². The topological polar surface area (TPSA) is 61.6 Å². The maximum Gasteiger partial charge on any atom is 0.306 e. The molecule has 0 radical (unpaired) electrons. The summed E-state index contributed by atoms with van der Waals surface area (Å²) < 4.78 is 11.8. The highest BCUT2D eigenvalue weighted by Gasteiger charge is 2.32. The quantitative estimate of drug-likeness (QED) is 0.440. The summed E-state index contributed by atoms with van der Waals surface area (Å²) >= 11 is 0. The van der Waals surface area contributed by atoms with E-state index in [4.69, 9.17) is 15.2 Å². The van der Waals surface area contributed by atoms with Crippen LogP contribution in [-0.4, -0.2) is 31.3 Å².